The van der Waals surface area contributed by atoms with E-state index in [2.05, 4.69) is 183 Å². The molecule has 10 aromatic rings. The summed E-state index contributed by atoms with van der Waals surface area (Å²) in [5.74, 6) is 0. The number of benzene rings is 8. The van der Waals surface area contributed by atoms with Crippen molar-refractivity contribution < 1.29 is 4.42 Å². The van der Waals surface area contributed by atoms with E-state index in [4.69, 9.17) is 4.42 Å². The van der Waals surface area contributed by atoms with Crippen molar-refractivity contribution in [1.29, 1.82) is 0 Å². The maximum Gasteiger partial charge on any atom is 0.143 e. The molecule has 0 saturated heterocycles. The number of fused-ring (bicyclic) bond motifs is 12. The molecule has 0 aliphatic heterocycles. The molecule has 0 spiro atoms. The number of hydrogen-bond donors (Lipinski definition) is 0. The second-order valence-corrected chi connectivity index (χ2v) is 15.6. The van der Waals surface area contributed by atoms with Gasteiger partial charge < -0.3 is 9.32 Å². The molecule has 0 radical (unpaired) electrons. The smallest absolute Gasteiger partial charge is 0.143 e. The van der Waals surface area contributed by atoms with Crippen LogP contribution in [-0.4, -0.2) is 0 Å². The third-order valence-corrected chi connectivity index (χ3v) is 12.4. The van der Waals surface area contributed by atoms with Gasteiger partial charge in [0.25, 0.3) is 0 Å². The number of thiophene rings is 1. The molecule has 52 heavy (non-hydrogen) atoms. The molecule has 3 heteroatoms. The summed E-state index contributed by atoms with van der Waals surface area (Å²) in [7, 11) is 0. The van der Waals surface area contributed by atoms with Crippen LogP contribution in [0.4, 0.5) is 17.1 Å². The Morgan fingerprint density at radius 3 is 2.06 bits per heavy atom. The molecule has 1 aliphatic rings. The van der Waals surface area contributed by atoms with Crippen LogP contribution < -0.4 is 4.90 Å². The summed E-state index contributed by atoms with van der Waals surface area (Å²) in [5, 5.41) is 7.25. The van der Waals surface area contributed by atoms with Gasteiger partial charge in [-0.3, -0.25) is 0 Å². The van der Waals surface area contributed by atoms with E-state index < -0.39 is 0 Å². The Balaban J connectivity index is 1.11. The summed E-state index contributed by atoms with van der Waals surface area (Å²) in [6.45, 7) is 4.69. The van der Waals surface area contributed by atoms with Crippen molar-refractivity contribution >= 4 is 81.3 Å². The molecule has 246 valence electrons. The molecule has 0 amide bonds. The minimum absolute atomic E-state index is 0.0442. The summed E-state index contributed by atoms with van der Waals surface area (Å²) >= 11 is 1.86. The monoisotopic (exact) mass is 683 g/mol. The first-order valence-corrected chi connectivity index (χ1v) is 18.7. The van der Waals surface area contributed by atoms with Gasteiger partial charge in [-0.25, -0.2) is 0 Å². The summed E-state index contributed by atoms with van der Waals surface area (Å²) < 4.78 is 9.11. The normalized spacial score (nSPS) is 13.3. The third kappa shape index (κ3) is 4.23. The average Bonchev–Trinajstić information content (AvgIpc) is 3.83. The maximum absolute atomic E-state index is 6.58. The summed E-state index contributed by atoms with van der Waals surface area (Å²) in [5.41, 5.74) is 13.1. The highest BCUT2D eigenvalue weighted by atomic mass is 32.1. The van der Waals surface area contributed by atoms with Gasteiger partial charge in [-0.2, -0.15) is 0 Å². The average molecular weight is 684 g/mol. The summed E-state index contributed by atoms with van der Waals surface area (Å²) in [6, 6.07) is 59.8. The number of anilines is 3. The lowest BCUT2D eigenvalue weighted by Crippen LogP contribution is -2.15. The zero-order valence-electron chi connectivity index (χ0n) is 28.9. The lowest BCUT2D eigenvalue weighted by atomic mass is 9.82. The molecule has 2 heterocycles. The van der Waals surface area contributed by atoms with Crippen molar-refractivity contribution in [2.75, 3.05) is 4.90 Å². The van der Waals surface area contributed by atoms with E-state index >= 15 is 0 Å². The van der Waals surface area contributed by atoms with Crippen molar-refractivity contribution in [3.8, 4) is 22.3 Å². The van der Waals surface area contributed by atoms with Gasteiger partial charge in [0.1, 0.15) is 11.2 Å². The van der Waals surface area contributed by atoms with Crippen LogP contribution in [0.25, 0.3) is 75.1 Å². The van der Waals surface area contributed by atoms with Crippen LogP contribution in [0.3, 0.4) is 0 Å². The van der Waals surface area contributed by atoms with Gasteiger partial charge in [0.15, 0.2) is 0 Å². The zero-order valence-corrected chi connectivity index (χ0v) is 29.7. The standard InChI is InChI=1S/C49H33NOS/c1-49(2)41-15-9-8-14-37(41)40-28-34(22-25-42(40)49)50(33-19-16-31(17-20-33)30-10-4-3-5-11-30)35-21-24-38-45(29-35)52-44-27-26-43-46(47(38)44)39-23-18-32-12-6-7-13-36(32)48(39)51-43/h3-29H,1-2H3. The highest BCUT2D eigenvalue weighted by Crippen LogP contribution is 2.51. The molecule has 0 fully saturated rings. The Kier molecular flexibility index (Phi) is 6.21. The van der Waals surface area contributed by atoms with E-state index in [0.29, 0.717) is 0 Å². The van der Waals surface area contributed by atoms with Gasteiger partial charge in [0, 0.05) is 58.8 Å². The van der Waals surface area contributed by atoms with Crippen molar-refractivity contribution in [3.63, 3.8) is 0 Å². The van der Waals surface area contributed by atoms with E-state index in [0.717, 1.165) is 33.6 Å². The van der Waals surface area contributed by atoms with Crippen LogP contribution in [-0.2, 0) is 5.41 Å². The van der Waals surface area contributed by atoms with Gasteiger partial charge in [0.05, 0.1) is 0 Å². The molecule has 11 rings (SSSR count). The van der Waals surface area contributed by atoms with Crippen molar-refractivity contribution in [2.24, 2.45) is 0 Å². The Morgan fingerprint density at radius 2 is 1.17 bits per heavy atom. The molecule has 0 saturated carbocycles. The van der Waals surface area contributed by atoms with Crippen LogP contribution in [0.5, 0.6) is 0 Å². The third-order valence-electron chi connectivity index (χ3n) is 11.3. The first-order chi connectivity index (χ1) is 25.5. The van der Waals surface area contributed by atoms with E-state index in [-0.39, 0.29) is 5.41 Å². The molecule has 0 N–H and O–H groups in total. The second kappa shape index (κ2) is 10.9. The Morgan fingerprint density at radius 1 is 0.481 bits per heavy atom. The topological polar surface area (TPSA) is 16.4 Å². The van der Waals surface area contributed by atoms with Crippen LogP contribution >= 0.6 is 11.3 Å². The largest absolute Gasteiger partial charge is 0.455 e. The van der Waals surface area contributed by atoms with E-state index in [1.807, 2.05) is 11.3 Å². The number of furan rings is 1. The number of nitrogens with zero attached hydrogens (tertiary/aromatic N) is 1. The fourth-order valence-corrected chi connectivity index (χ4v) is 9.86. The molecule has 0 atom stereocenters. The van der Waals surface area contributed by atoms with Gasteiger partial charge in [-0.15, -0.1) is 11.3 Å². The Bertz CT molecular complexity index is 3040. The molecular weight excluding hydrogens is 651 g/mol. The van der Waals surface area contributed by atoms with Crippen LogP contribution in [0, 0.1) is 0 Å². The van der Waals surface area contributed by atoms with E-state index in [1.165, 1.54) is 69.7 Å². The number of hydrogen-bond acceptors (Lipinski definition) is 3. The Labute approximate surface area is 305 Å². The first-order valence-electron chi connectivity index (χ1n) is 17.9. The Hall–Kier alpha value is -6.16. The minimum atomic E-state index is -0.0442. The molecular formula is C49H33NOS. The molecule has 1 aliphatic carbocycles. The molecule has 0 unspecified atom stereocenters. The van der Waals surface area contributed by atoms with Gasteiger partial charge in [-0.05, 0) is 93.4 Å². The second-order valence-electron chi connectivity index (χ2n) is 14.5. The van der Waals surface area contributed by atoms with Crippen molar-refractivity contribution in [1.82, 2.24) is 0 Å². The molecule has 8 aromatic carbocycles. The van der Waals surface area contributed by atoms with E-state index in [9.17, 15) is 0 Å². The van der Waals surface area contributed by atoms with Gasteiger partial charge >= 0.3 is 0 Å². The summed E-state index contributed by atoms with van der Waals surface area (Å²) in [4.78, 5) is 2.42. The van der Waals surface area contributed by atoms with Crippen LogP contribution in [0.15, 0.2) is 168 Å². The quantitative estimate of drug-likeness (QED) is 0.184. The fourth-order valence-electron chi connectivity index (χ4n) is 8.72. The van der Waals surface area contributed by atoms with E-state index in [1.54, 1.807) is 0 Å². The summed E-state index contributed by atoms with van der Waals surface area (Å²) in [6.07, 6.45) is 0. The van der Waals surface area contributed by atoms with Crippen molar-refractivity contribution in [3.05, 3.63) is 175 Å². The molecule has 0 bridgehead atoms. The lowest BCUT2D eigenvalue weighted by molar-refractivity contribution is 0.660. The highest BCUT2D eigenvalue weighted by molar-refractivity contribution is 7.26. The first kappa shape index (κ1) is 29.6. The predicted molar refractivity (Wildman–Crippen MR) is 222 cm³/mol. The number of rotatable bonds is 4. The fraction of sp³-hybridized carbons (Fsp3) is 0.0612. The molecule has 2 aromatic heterocycles. The van der Waals surface area contributed by atoms with Crippen molar-refractivity contribution in [2.45, 2.75) is 19.3 Å². The highest BCUT2D eigenvalue weighted by Gasteiger charge is 2.35. The zero-order chi connectivity index (χ0) is 34.6. The lowest BCUT2D eigenvalue weighted by Gasteiger charge is -2.27. The van der Waals surface area contributed by atoms with Gasteiger partial charge in [0.2, 0.25) is 0 Å². The van der Waals surface area contributed by atoms with Gasteiger partial charge in [-0.1, -0.05) is 123 Å². The SMILES string of the molecule is CC1(C)c2ccccc2-c2cc(N(c3ccc(-c4ccccc4)cc3)c3ccc4c(c3)sc3ccc5oc6c7ccccc7ccc6c5c34)ccc21. The maximum atomic E-state index is 6.58. The van der Waals surface area contributed by atoms with Crippen LogP contribution in [0.2, 0.25) is 0 Å². The van der Waals surface area contributed by atoms with Crippen LogP contribution in [0.1, 0.15) is 25.0 Å². The minimum Gasteiger partial charge on any atom is -0.455 e. The molecule has 2 nitrogen and oxygen atoms in total. The predicted octanol–water partition coefficient (Wildman–Crippen LogP) is 14.6.